The van der Waals surface area contributed by atoms with Crippen molar-refractivity contribution in [1.82, 2.24) is 9.55 Å². The van der Waals surface area contributed by atoms with E-state index in [2.05, 4.69) is 4.98 Å². The Morgan fingerprint density at radius 2 is 1.64 bits per heavy atom. The average Bonchev–Trinajstić information content (AvgIpc) is 3.40. The standard InChI is InChI=1S/C33H26F2N2O4S/c1-3-41-33(38)24-12-15-27(16-13-24)37-21-31(29-17-14-26(34)20-30(29)35)36-32(37)18-9-22-7-10-23(11-8-22)25-5-4-6-28(19-25)42(2,39)40/h4-21H,3H2,1-2H3/b18-9+. The first-order valence-corrected chi connectivity index (χ1v) is 14.9. The van der Waals surface area contributed by atoms with Gasteiger partial charge < -0.3 is 4.74 Å². The molecule has 0 spiro atoms. The lowest BCUT2D eigenvalue weighted by molar-refractivity contribution is 0.0526. The zero-order chi connectivity index (χ0) is 29.9. The maximum atomic E-state index is 14.6. The normalized spacial score (nSPS) is 11.6. The molecule has 9 heteroatoms. The molecule has 0 unspecified atom stereocenters. The Labute approximate surface area is 242 Å². The molecule has 42 heavy (non-hydrogen) atoms. The number of nitrogens with zero attached hydrogens (tertiary/aromatic N) is 2. The maximum Gasteiger partial charge on any atom is 0.338 e. The molecule has 0 fully saturated rings. The van der Waals surface area contributed by atoms with Crippen LogP contribution in [-0.4, -0.2) is 36.8 Å². The van der Waals surface area contributed by atoms with E-state index in [1.54, 1.807) is 66.2 Å². The highest BCUT2D eigenvalue weighted by Crippen LogP contribution is 2.27. The van der Waals surface area contributed by atoms with E-state index in [1.807, 2.05) is 36.4 Å². The van der Waals surface area contributed by atoms with Gasteiger partial charge in [-0.1, -0.05) is 42.5 Å². The number of carbonyl (C=O) groups is 1. The summed E-state index contributed by atoms with van der Waals surface area (Å²) in [6, 6.07) is 24.4. The van der Waals surface area contributed by atoms with Crippen LogP contribution in [0.5, 0.6) is 0 Å². The van der Waals surface area contributed by atoms with Gasteiger partial charge in [0, 0.05) is 29.8 Å². The van der Waals surface area contributed by atoms with E-state index in [0.717, 1.165) is 22.8 Å². The van der Waals surface area contributed by atoms with Crippen molar-refractivity contribution in [3.63, 3.8) is 0 Å². The van der Waals surface area contributed by atoms with Crippen molar-refractivity contribution in [3.8, 4) is 28.1 Å². The van der Waals surface area contributed by atoms with Gasteiger partial charge in [-0.3, -0.25) is 4.57 Å². The molecule has 0 radical (unpaired) electrons. The zero-order valence-electron chi connectivity index (χ0n) is 22.8. The summed E-state index contributed by atoms with van der Waals surface area (Å²) in [7, 11) is -3.33. The van der Waals surface area contributed by atoms with Crippen LogP contribution in [0.4, 0.5) is 8.78 Å². The van der Waals surface area contributed by atoms with Gasteiger partial charge in [-0.2, -0.15) is 0 Å². The Balaban J connectivity index is 1.48. The number of benzene rings is 4. The van der Waals surface area contributed by atoms with Crippen LogP contribution in [0.2, 0.25) is 0 Å². The zero-order valence-corrected chi connectivity index (χ0v) is 23.6. The topological polar surface area (TPSA) is 78.3 Å². The van der Waals surface area contributed by atoms with E-state index in [1.165, 1.54) is 18.4 Å². The summed E-state index contributed by atoms with van der Waals surface area (Å²) in [6.07, 6.45) is 6.43. The van der Waals surface area contributed by atoms with Gasteiger partial charge >= 0.3 is 5.97 Å². The van der Waals surface area contributed by atoms with Gasteiger partial charge in [-0.15, -0.1) is 0 Å². The van der Waals surface area contributed by atoms with Crippen molar-refractivity contribution in [2.24, 2.45) is 0 Å². The fourth-order valence-electron chi connectivity index (χ4n) is 4.38. The van der Waals surface area contributed by atoms with E-state index in [0.29, 0.717) is 22.8 Å². The largest absolute Gasteiger partial charge is 0.462 e. The minimum atomic E-state index is -3.33. The second kappa shape index (κ2) is 11.9. The number of carbonyl (C=O) groups excluding carboxylic acids is 1. The van der Waals surface area contributed by atoms with E-state index < -0.39 is 27.4 Å². The minimum Gasteiger partial charge on any atom is -0.462 e. The molecule has 0 atom stereocenters. The molecule has 0 saturated heterocycles. The van der Waals surface area contributed by atoms with Crippen molar-refractivity contribution >= 4 is 28.0 Å². The van der Waals surface area contributed by atoms with Crippen LogP contribution in [0.3, 0.4) is 0 Å². The monoisotopic (exact) mass is 584 g/mol. The van der Waals surface area contributed by atoms with Gasteiger partial charge in [0.25, 0.3) is 0 Å². The van der Waals surface area contributed by atoms with Gasteiger partial charge in [0.05, 0.1) is 22.8 Å². The summed E-state index contributed by atoms with van der Waals surface area (Å²) in [5, 5.41) is 0. The number of halogens is 2. The van der Waals surface area contributed by atoms with Crippen LogP contribution < -0.4 is 0 Å². The van der Waals surface area contributed by atoms with Gasteiger partial charge in [0.1, 0.15) is 17.5 Å². The fourth-order valence-corrected chi connectivity index (χ4v) is 5.05. The van der Waals surface area contributed by atoms with Gasteiger partial charge in [-0.25, -0.2) is 27.0 Å². The van der Waals surface area contributed by atoms with E-state index >= 15 is 0 Å². The molecule has 4 aromatic carbocycles. The Kier molecular flexibility index (Phi) is 8.13. The van der Waals surface area contributed by atoms with Crippen LogP contribution in [0.1, 0.15) is 28.7 Å². The molecule has 0 bridgehead atoms. The van der Waals surface area contributed by atoms with Crippen LogP contribution in [-0.2, 0) is 14.6 Å². The summed E-state index contributed by atoms with van der Waals surface area (Å²) in [6.45, 7) is 1.99. The summed E-state index contributed by atoms with van der Waals surface area (Å²) in [5.74, 6) is -1.38. The summed E-state index contributed by atoms with van der Waals surface area (Å²) < 4.78 is 58.9. The van der Waals surface area contributed by atoms with Gasteiger partial charge in [0.2, 0.25) is 0 Å². The first kappa shape index (κ1) is 28.6. The Morgan fingerprint density at radius 1 is 0.905 bits per heavy atom. The number of imidazole rings is 1. The molecule has 1 aromatic heterocycles. The quantitative estimate of drug-likeness (QED) is 0.180. The number of ether oxygens (including phenoxy) is 1. The number of sulfone groups is 1. The first-order valence-electron chi connectivity index (χ1n) is 13.0. The third-order valence-corrected chi connectivity index (χ3v) is 7.64. The molecule has 0 aliphatic carbocycles. The molecule has 0 amide bonds. The lowest BCUT2D eigenvalue weighted by atomic mass is 10.0. The van der Waals surface area contributed by atoms with Crippen molar-refractivity contribution in [2.75, 3.05) is 12.9 Å². The third-order valence-electron chi connectivity index (χ3n) is 6.53. The molecule has 0 aliphatic heterocycles. The van der Waals surface area contributed by atoms with E-state index in [9.17, 15) is 22.0 Å². The number of rotatable bonds is 8. The number of hydrogen-bond acceptors (Lipinski definition) is 5. The summed E-state index contributed by atoms with van der Waals surface area (Å²) >= 11 is 0. The first-order chi connectivity index (χ1) is 20.1. The predicted octanol–water partition coefficient (Wildman–Crippen LogP) is 7.24. The highest BCUT2D eigenvalue weighted by molar-refractivity contribution is 7.90. The second-order valence-electron chi connectivity index (χ2n) is 9.50. The molecule has 0 saturated carbocycles. The van der Waals surface area contributed by atoms with Crippen LogP contribution >= 0.6 is 0 Å². The lowest BCUT2D eigenvalue weighted by Crippen LogP contribution is -2.05. The molecule has 6 nitrogen and oxygen atoms in total. The SMILES string of the molecule is CCOC(=O)c1ccc(-n2cc(-c3ccc(F)cc3F)nc2/C=C/c2ccc(-c3cccc(S(C)(=O)=O)c3)cc2)cc1. The molecule has 212 valence electrons. The smallest absolute Gasteiger partial charge is 0.338 e. The number of aromatic nitrogens is 2. The molecular weight excluding hydrogens is 558 g/mol. The lowest BCUT2D eigenvalue weighted by Gasteiger charge is -2.07. The minimum absolute atomic E-state index is 0.147. The maximum absolute atomic E-state index is 14.6. The molecule has 5 aromatic rings. The third kappa shape index (κ3) is 6.37. The van der Waals surface area contributed by atoms with Crippen molar-refractivity contribution in [2.45, 2.75) is 11.8 Å². The highest BCUT2D eigenvalue weighted by Gasteiger charge is 2.15. The summed E-state index contributed by atoms with van der Waals surface area (Å²) in [4.78, 5) is 17.0. The fraction of sp³-hybridized carbons (Fsp3) is 0.0909. The molecular formula is C33H26F2N2O4S. The molecule has 5 rings (SSSR count). The predicted molar refractivity (Wildman–Crippen MR) is 159 cm³/mol. The number of esters is 1. The van der Waals surface area contributed by atoms with Gasteiger partial charge in [0.15, 0.2) is 9.84 Å². The number of hydrogen-bond donors (Lipinski definition) is 0. The van der Waals surface area contributed by atoms with E-state index in [4.69, 9.17) is 4.74 Å². The van der Waals surface area contributed by atoms with Crippen molar-refractivity contribution < 1.29 is 26.7 Å². The summed E-state index contributed by atoms with van der Waals surface area (Å²) in [5.41, 5.74) is 4.00. The highest BCUT2D eigenvalue weighted by atomic mass is 32.2. The molecule has 0 aliphatic rings. The average molecular weight is 585 g/mol. The van der Waals surface area contributed by atoms with Crippen LogP contribution in [0.15, 0.2) is 102 Å². The van der Waals surface area contributed by atoms with Crippen LogP contribution in [0.25, 0.3) is 40.2 Å². The Hall–Kier alpha value is -4.89. The van der Waals surface area contributed by atoms with Crippen molar-refractivity contribution in [3.05, 3.63) is 126 Å². The second-order valence-corrected chi connectivity index (χ2v) is 11.5. The molecule has 1 heterocycles. The van der Waals surface area contributed by atoms with Crippen LogP contribution in [0, 0.1) is 11.6 Å². The Bertz CT molecular complexity index is 1900. The van der Waals surface area contributed by atoms with E-state index in [-0.39, 0.29) is 17.1 Å². The van der Waals surface area contributed by atoms with Gasteiger partial charge in [-0.05, 0) is 78.2 Å². The molecule has 0 N–H and O–H groups in total. The van der Waals surface area contributed by atoms with Crippen molar-refractivity contribution in [1.29, 1.82) is 0 Å². The Morgan fingerprint density at radius 3 is 2.31 bits per heavy atom.